The first-order chi connectivity index (χ1) is 6.91. The minimum Gasteiger partial charge on any atom is -0.434 e. The molecule has 0 heterocycles. The Balaban J connectivity index is 3.22. The zero-order valence-corrected chi connectivity index (χ0v) is 8.32. The smallest absolute Gasteiger partial charge is 0.387 e. The maximum atomic E-state index is 12.9. The van der Waals surface area contributed by atoms with Crippen LogP contribution in [0.15, 0.2) is 12.1 Å². The molecule has 0 amide bonds. The van der Waals surface area contributed by atoms with E-state index in [0.717, 1.165) is 19.1 Å². The van der Waals surface area contributed by atoms with Gasteiger partial charge in [0, 0.05) is 6.07 Å². The Morgan fingerprint density at radius 1 is 1.47 bits per heavy atom. The Hall–Kier alpha value is -1.23. The van der Waals surface area contributed by atoms with Crippen molar-refractivity contribution in [2.45, 2.75) is 13.5 Å². The van der Waals surface area contributed by atoms with Crippen LogP contribution in [0.25, 0.3) is 0 Å². The largest absolute Gasteiger partial charge is 0.434 e. The summed E-state index contributed by atoms with van der Waals surface area (Å²) in [5.74, 6) is -1.87. The number of benzene rings is 1. The topological polar surface area (TPSA) is 26.3 Å². The molecule has 0 atom stereocenters. The van der Waals surface area contributed by atoms with Gasteiger partial charge in [-0.15, -0.1) is 0 Å². The van der Waals surface area contributed by atoms with Crippen LogP contribution in [0.5, 0.6) is 5.75 Å². The molecule has 0 radical (unpaired) electrons. The maximum absolute atomic E-state index is 12.9. The monoisotopic (exact) mass is 238 g/mol. The lowest BCUT2D eigenvalue weighted by Crippen LogP contribution is -2.07. The first-order valence-electron chi connectivity index (χ1n) is 3.86. The van der Waals surface area contributed by atoms with Gasteiger partial charge in [0.2, 0.25) is 0 Å². The number of carbonyl (C=O) groups excluding carboxylic acids is 1. The molecule has 2 nitrogen and oxygen atoms in total. The van der Waals surface area contributed by atoms with Crippen LogP contribution in [0.1, 0.15) is 17.3 Å². The summed E-state index contributed by atoms with van der Waals surface area (Å²) in [7, 11) is 0. The van der Waals surface area contributed by atoms with E-state index in [1.165, 1.54) is 0 Å². The molecule has 0 aliphatic rings. The summed E-state index contributed by atoms with van der Waals surface area (Å²) < 4.78 is 40.8. The lowest BCUT2D eigenvalue weighted by molar-refractivity contribution is -0.0501. The van der Waals surface area contributed by atoms with E-state index in [1.54, 1.807) is 0 Å². The molecule has 0 bridgehead atoms. The van der Waals surface area contributed by atoms with Gasteiger partial charge in [-0.25, -0.2) is 4.39 Å². The minimum atomic E-state index is -3.09. The number of hydrogen-bond donors (Lipinski definition) is 0. The van der Waals surface area contributed by atoms with Crippen molar-refractivity contribution in [2.75, 3.05) is 0 Å². The highest BCUT2D eigenvalue weighted by atomic mass is 35.5. The second-order valence-electron chi connectivity index (χ2n) is 2.70. The summed E-state index contributed by atoms with van der Waals surface area (Å²) in [6, 6.07) is 1.61. The second kappa shape index (κ2) is 4.53. The fraction of sp³-hybridized carbons (Fsp3) is 0.222. The molecule has 0 aliphatic heterocycles. The van der Waals surface area contributed by atoms with E-state index < -0.39 is 24.0 Å². The third-order valence-corrected chi connectivity index (χ3v) is 1.91. The van der Waals surface area contributed by atoms with Crippen LogP contribution in [0.2, 0.25) is 5.02 Å². The predicted molar refractivity (Wildman–Crippen MR) is 48.0 cm³/mol. The quantitative estimate of drug-likeness (QED) is 0.756. The fourth-order valence-electron chi connectivity index (χ4n) is 0.997. The lowest BCUT2D eigenvalue weighted by Gasteiger charge is -2.09. The molecule has 6 heteroatoms. The van der Waals surface area contributed by atoms with Gasteiger partial charge in [-0.05, 0) is 13.0 Å². The summed E-state index contributed by atoms with van der Waals surface area (Å²) in [4.78, 5) is 11.0. The average Bonchev–Trinajstić information content (AvgIpc) is 2.09. The molecule has 0 saturated heterocycles. The Morgan fingerprint density at radius 3 is 2.53 bits per heavy atom. The van der Waals surface area contributed by atoms with Gasteiger partial charge in [-0.1, -0.05) is 11.6 Å². The van der Waals surface area contributed by atoms with Gasteiger partial charge in [0.05, 0.1) is 10.6 Å². The van der Waals surface area contributed by atoms with Crippen molar-refractivity contribution in [3.63, 3.8) is 0 Å². The van der Waals surface area contributed by atoms with Gasteiger partial charge in [-0.3, -0.25) is 4.79 Å². The van der Waals surface area contributed by atoms with E-state index >= 15 is 0 Å². The van der Waals surface area contributed by atoms with Crippen LogP contribution in [0.3, 0.4) is 0 Å². The molecule has 0 fully saturated rings. The van der Waals surface area contributed by atoms with Gasteiger partial charge in [-0.2, -0.15) is 8.78 Å². The molecule has 82 valence electrons. The number of ketones is 1. The van der Waals surface area contributed by atoms with Crippen molar-refractivity contribution in [1.82, 2.24) is 0 Å². The fourth-order valence-corrected chi connectivity index (χ4v) is 1.15. The first-order valence-corrected chi connectivity index (χ1v) is 4.24. The number of Topliss-reactive ketones (excluding diaryl/α,β-unsaturated/α-hetero) is 1. The van der Waals surface area contributed by atoms with E-state index in [-0.39, 0.29) is 10.6 Å². The molecule has 15 heavy (non-hydrogen) atoms. The molecule has 1 rings (SSSR count). The number of hydrogen-bond acceptors (Lipinski definition) is 2. The van der Waals surface area contributed by atoms with E-state index in [9.17, 15) is 18.0 Å². The zero-order valence-electron chi connectivity index (χ0n) is 7.56. The summed E-state index contributed by atoms with van der Waals surface area (Å²) in [6.45, 7) is -1.98. The number of rotatable bonds is 3. The number of alkyl halides is 2. The van der Waals surface area contributed by atoms with E-state index in [4.69, 9.17) is 11.6 Å². The third kappa shape index (κ3) is 2.86. The van der Waals surface area contributed by atoms with Crippen LogP contribution in [0, 0.1) is 5.82 Å². The van der Waals surface area contributed by atoms with Gasteiger partial charge >= 0.3 is 6.61 Å². The first kappa shape index (κ1) is 11.8. The third-order valence-electron chi connectivity index (χ3n) is 1.62. The van der Waals surface area contributed by atoms with Gasteiger partial charge < -0.3 is 4.74 Å². The number of halogens is 4. The Kier molecular flexibility index (Phi) is 3.57. The van der Waals surface area contributed by atoms with Crippen LogP contribution in [-0.4, -0.2) is 12.4 Å². The molecule has 1 aromatic rings. The van der Waals surface area contributed by atoms with E-state index in [1.807, 2.05) is 0 Å². The normalized spacial score (nSPS) is 10.5. The van der Waals surface area contributed by atoms with Crippen LogP contribution in [0.4, 0.5) is 13.2 Å². The Morgan fingerprint density at radius 2 is 2.07 bits per heavy atom. The molecule has 0 saturated carbocycles. The van der Waals surface area contributed by atoms with Crippen molar-refractivity contribution in [3.05, 3.63) is 28.5 Å². The van der Waals surface area contributed by atoms with Gasteiger partial charge in [0.25, 0.3) is 0 Å². The molecular formula is C9H6ClF3O2. The van der Waals surface area contributed by atoms with Gasteiger partial charge in [0.1, 0.15) is 11.6 Å². The van der Waals surface area contributed by atoms with Crippen LogP contribution in [-0.2, 0) is 0 Å². The van der Waals surface area contributed by atoms with Gasteiger partial charge in [0.15, 0.2) is 5.78 Å². The molecule has 0 aliphatic carbocycles. The highest BCUT2D eigenvalue weighted by molar-refractivity contribution is 6.31. The Labute approximate surface area is 88.6 Å². The van der Waals surface area contributed by atoms with Crippen molar-refractivity contribution in [3.8, 4) is 5.75 Å². The number of ether oxygens (including phenoxy) is 1. The summed E-state index contributed by atoms with van der Waals surface area (Å²) in [6.07, 6.45) is 0. The van der Waals surface area contributed by atoms with Crippen molar-refractivity contribution in [1.29, 1.82) is 0 Å². The molecule has 0 unspecified atom stereocenters. The van der Waals surface area contributed by atoms with Crippen LogP contribution >= 0.6 is 11.6 Å². The zero-order chi connectivity index (χ0) is 11.6. The minimum absolute atomic E-state index is 0.266. The standard InChI is InChI=1S/C9H6ClF3O2/c1-4(14)5-2-7(11)6(10)3-8(5)15-9(12)13/h2-3,9H,1H3. The van der Waals surface area contributed by atoms with E-state index in [2.05, 4.69) is 4.74 Å². The SMILES string of the molecule is CC(=O)c1cc(F)c(Cl)cc1OC(F)F. The molecule has 0 spiro atoms. The second-order valence-corrected chi connectivity index (χ2v) is 3.10. The summed E-state index contributed by atoms with van der Waals surface area (Å²) in [5, 5.41) is -0.379. The van der Waals surface area contributed by atoms with Crippen molar-refractivity contribution < 1.29 is 22.7 Å². The molecule has 0 N–H and O–H groups in total. The molecule has 0 aromatic heterocycles. The highest BCUT2D eigenvalue weighted by Gasteiger charge is 2.16. The summed E-state index contributed by atoms with van der Waals surface area (Å²) >= 11 is 5.36. The van der Waals surface area contributed by atoms with E-state index in [0.29, 0.717) is 0 Å². The summed E-state index contributed by atoms with van der Waals surface area (Å²) in [5.41, 5.74) is -0.266. The maximum Gasteiger partial charge on any atom is 0.387 e. The Bertz CT molecular complexity index is 393. The predicted octanol–water partition coefficient (Wildman–Crippen LogP) is 3.28. The van der Waals surface area contributed by atoms with Crippen LogP contribution < -0.4 is 4.74 Å². The molecular weight excluding hydrogens is 233 g/mol. The molecule has 1 aromatic carbocycles. The number of carbonyl (C=O) groups is 1. The lowest BCUT2D eigenvalue weighted by atomic mass is 10.1. The highest BCUT2D eigenvalue weighted by Crippen LogP contribution is 2.27. The average molecular weight is 239 g/mol. The van der Waals surface area contributed by atoms with Crippen molar-refractivity contribution in [2.24, 2.45) is 0 Å². The van der Waals surface area contributed by atoms with Crippen molar-refractivity contribution >= 4 is 17.4 Å².